The summed E-state index contributed by atoms with van der Waals surface area (Å²) in [7, 11) is 0. The number of carbonyl (C=O) groups is 4. The molecule has 248 valence electrons. The highest BCUT2D eigenvalue weighted by Crippen LogP contribution is 2.29. The zero-order valence-corrected chi connectivity index (χ0v) is 26.8. The molecule has 0 bridgehead atoms. The Kier molecular flexibility index (Phi) is 11.8. The number of rotatable bonds is 8. The molecule has 0 spiro atoms. The Bertz CT molecular complexity index is 1570. The van der Waals surface area contributed by atoms with Crippen molar-refractivity contribution in [2.45, 2.75) is 75.8 Å². The number of cyclic esters (lactones) is 1. The summed E-state index contributed by atoms with van der Waals surface area (Å²) in [5, 5.41) is 20.6. The Morgan fingerprint density at radius 3 is 2.40 bits per heavy atom. The fourth-order valence-electron chi connectivity index (χ4n) is 6.54. The van der Waals surface area contributed by atoms with Crippen LogP contribution in [0.3, 0.4) is 0 Å². The molecule has 2 aliphatic rings. The highest BCUT2D eigenvalue weighted by molar-refractivity contribution is 5.99. The summed E-state index contributed by atoms with van der Waals surface area (Å²) < 4.78 is 5.75. The second-order valence-electron chi connectivity index (χ2n) is 12.9. The van der Waals surface area contributed by atoms with Crippen molar-refractivity contribution in [1.82, 2.24) is 10.6 Å². The minimum Gasteiger partial charge on any atom is -0.463 e. The first-order valence-electron chi connectivity index (χ1n) is 16.7. The molecule has 0 unspecified atom stereocenters. The van der Waals surface area contributed by atoms with Crippen LogP contribution in [0, 0.1) is 11.8 Å². The summed E-state index contributed by atoms with van der Waals surface area (Å²) in [6.07, 6.45) is 9.88. The molecule has 1 fully saturated rings. The van der Waals surface area contributed by atoms with Crippen molar-refractivity contribution in [1.29, 1.82) is 0 Å². The molecular formula is C38H45N3O6. The Morgan fingerprint density at radius 1 is 0.894 bits per heavy atom. The van der Waals surface area contributed by atoms with Gasteiger partial charge in [0.15, 0.2) is 0 Å². The average Bonchev–Trinajstić information content (AvgIpc) is 3.55. The van der Waals surface area contributed by atoms with Crippen LogP contribution < -0.4 is 16.0 Å². The van der Waals surface area contributed by atoms with Crippen molar-refractivity contribution in [3.63, 3.8) is 0 Å². The number of aliphatic hydroxyl groups is 1. The van der Waals surface area contributed by atoms with Gasteiger partial charge >= 0.3 is 5.97 Å². The van der Waals surface area contributed by atoms with E-state index in [0.29, 0.717) is 44.2 Å². The molecule has 1 saturated carbocycles. The van der Waals surface area contributed by atoms with E-state index in [1.54, 1.807) is 6.07 Å². The van der Waals surface area contributed by atoms with Gasteiger partial charge in [0.2, 0.25) is 11.8 Å². The molecule has 3 aromatic carbocycles. The lowest BCUT2D eigenvalue weighted by atomic mass is 9.93. The van der Waals surface area contributed by atoms with Crippen LogP contribution in [0.15, 0.2) is 84.9 Å². The maximum atomic E-state index is 13.7. The van der Waals surface area contributed by atoms with Crippen LogP contribution in [0.25, 0.3) is 10.8 Å². The number of allylic oxidation sites excluding steroid dienone is 2. The summed E-state index contributed by atoms with van der Waals surface area (Å²) in [6.45, 7) is -0.499. The molecule has 3 atom stereocenters. The second kappa shape index (κ2) is 16.4. The third-order valence-corrected chi connectivity index (χ3v) is 9.28. The van der Waals surface area contributed by atoms with Gasteiger partial charge in [0.05, 0.1) is 24.0 Å². The minimum atomic E-state index is -1.19. The normalized spacial score (nSPS) is 22.1. The third-order valence-electron chi connectivity index (χ3n) is 9.28. The summed E-state index contributed by atoms with van der Waals surface area (Å²) in [6, 6.07) is 21.9. The van der Waals surface area contributed by atoms with E-state index in [2.05, 4.69) is 16.0 Å². The molecule has 9 heteroatoms. The largest absolute Gasteiger partial charge is 0.463 e. The molecule has 0 saturated heterocycles. The van der Waals surface area contributed by atoms with Crippen LogP contribution in [-0.4, -0.2) is 53.6 Å². The maximum absolute atomic E-state index is 13.7. The van der Waals surface area contributed by atoms with Gasteiger partial charge in [-0.25, -0.2) is 0 Å². The van der Waals surface area contributed by atoms with Gasteiger partial charge in [-0.3, -0.25) is 19.2 Å². The van der Waals surface area contributed by atoms with Crippen molar-refractivity contribution in [3.05, 3.63) is 90.5 Å². The second-order valence-corrected chi connectivity index (χ2v) is 12.9. The Hall–Kier alpha value is -4.50. The average molecular weight is 640 g/mol. The first-order chi connectivity index (χ1) is 22.8. The Morgan fingerprint density at radius 2 is 1.64 bits per heavy atom. The number of amides is 3. The van der Waals surface area contributed by atoms with E-state index in [4.69, 9.17) is 4.74 Å². The molecule has 4 N–H and O–H groups in total. The standard InChI is InChI=1S/C38H45N3O6/c42-26-38(20-10-11-21-38)41-34(43)24-30-16-6-1-2-7-17-31(22-27-12-4-3-5-13-27)37(46)47-25-33(40-35(30)44)36(45)39-32-19-18-28-14-8-9-15-29(28)23-32/h1,3-6,8-9,12-15,18-19,23,30-31,33,42H,2,7,10-11,16-17,20-22,24-26H2,(H,39,45)(H,40,44)(H,41,43)/t30-,31-,33+/m1/s1. The van der Waals surface area contributed by atoms with Crippen molar-refractivity contribution < 1.29 is 29.0 Å². The summed E-state index contributed by atoms with van der Waals surface area (Å²) in [5.74, 6) is -2.92. The van der Waals surface area contributed by atoms with Gasteiger partial charge in [-0.05, 0) is 73.4 Å². The zero-order valence-electron chi connectivity index (χ0n) is 26.8. The van der Waals surface area contributed by atoms with E-state index in [1.165, 1.54) is 0 Å². The highest BCUT2D eigenvalue weighted by atomic mass is 16.5. The van der Waals surface area contributed by atoms with Crippen LogP contribution in [0.5, 0.6) is 0 Å². The fourth-order valence-corrected chi connectivity index (χ4v) is 6.54. The van der Waals surface area contributed by atoms with E-state index in [-0.39, 0.29) is 25.5 Å². The van der Waals surface area contributed by atoms with Crippen LogP contribution in [0.4, 0.5) is 5.69 Å². The van der Waals surface area contributed by atoms with Gasteiger partial charge in [0, 0.05) is 12.1 Å². The van der Waals surface area contributed by atoms with Crippen molar-refractivity contribution in [2.75, 3.05) is 18.5 Å². The summed E-state index contributed by atoms with van der Waals surface area (Å²) in [5.41, 5.74) is 0.907. The SMILES string of the molecule is O=C(C[C@H]1CC=CCCC[C@H](Cc2ccccc2)C(=O)OC[C@@H](C(=O)Nc2ccc3ccccc3c2)NC1=O)NC1(CO)CCCC1. The quantitative estimate of drug-likeness (QED) is 0.197. The first kappa shape index (κ1) is 33.9. The predicted octanol–water partition coefficient (Wildman–Crippen LogP) is 5.22. The number of benzene rings is 3. The maximum Gasteiger partial charge on any atom is 0.309 e. The number of anilines is 1. The molecule has 5 rings (SSSR count). The predicted molar refractivity (Wildman–Crippen MR) is 181 cm³/mol. The van der Waals surface area contributed by atoms with E-state index in [0.717, 1.165) is 35.6 Å². The van der Waals surface area contributed by atoms with E-state index in [9.17, 15) is 24.3 Å². The lowest BCUT2D eigenvalue weighted by Gasteiger charge is -2.29. The number of hydrogen-bond acceptors (Lipinski definition) is 6. The van der Waals surface area contributed by atoms with Crippen molar-refractivity contribution >= 4 is 40.2 Å². The highest BCUT2D eigenvalue weighted by Gasteiger charge is 2.36. The lowest BCUT2D eigenvalue weighted by Crippen LogP contribution is -2.52. The van der Waals surface area contributed by atoms with Gasteiger partial charge in [-0.1, -0.05) is 85.7 Å². The van der Waals surface area contributed by atoms with Crippen molar-refractivity contribution in [3.8, 4) is 0 Å². The van der Waals surface area contributed by atoms with Crippen LogP contribution in [-0.2, 0) is 30.3 Å². The summed E-state index contributed by atoms with van der Waals surface area (Å²) >= 11 is 0. The Labute approximate surface area is 276 Å². The van der Waals surface area contributed by atoms with E-state index >= 15 is 0 Å². The molecule has 3 amide bonds. The lowest BCUT2D eigenvalue weighted by molar-refractivity contribution is -0.151. The number of ether oxygens (including phenoxy) is 1. The molecule has 9 nitrogen and oxygen atoms in total. The zero-order chi connectivity index (χ0) is 33.1. The van der Waals surface area contributed by atoms with Gasteiger partial charge in [-0.2, -0.15) is 0 Å². The van der Waals surface area contributed by atoms with Gasteiger partial charge < -0.3 is 25.8 Å². The van der Waals surface area contributed by atoms with Crippen LogP contribution >= 0.6 is 0 Å². The molecule has 0 radical (unpaired) electrons. The van der Waals surface area contributed by atoms with Gasteiger partial charge in [0.25, 0.3) is 5.91 Å². The summed E-state index contributed by atoms with van der Waals surface area (Å²) in [4.78, 5) is 54.0. The number of carbonyl (C=O) groups excluding carboxylic acids is 4. The smallest absolute Gasteiger partial charge is 0.309 e. The Balaban J connectivity index is 1.35. The van der Waals surface area contributed by atoms with Gasteiger partial charge in [-0.15, -0.1) is 0 Å². The number of aliphatic hydroxyl groups excluding tert-OH is 1. The molecule has 1 heterocycles. The number of fused-ring (bicyclic) bond motifs is 1. The molecule has 1 aliphatic carbocycles. The van der Waals surface area contributed by atoms with Crippen LogP contribution in [0.2, 0.25) is 0 Å². The van der Waals surface area contributed by atoms with Gasteiger partial charge in [0.1, 0.15) is 12.6 Å². The fraction of sp³-hybridized carbons (Fsp3) is 0.421. The number of esters is 1. The van der Waals surface area contributed by atoms with Crippen LogP contribution in [0.1, 0.15) is 63.4 Å². The van der Waals surface area contributed by atoms with E-state index in [1.807, 2.05) is 78.9 Å². The molecule has 47 heavy (non-hydrogen) atoms. The molecular weight excluding hydrogens is 594 g/mol. The molecule has 1 aliphatic heterocycles. The third kappa shape index (κ3) is 9.51. The number of nitrogens with one attached hydrogen (secondary N) is 3. The topological polar surface area (TPSA) is 134 Å². The van der Waals surface area contributed by atoms with E-state index < -0.39 is 41.2 Å². The first-order valence-corrected chi connectivity index (χ1v) is 16.7. The molecule has 3 aromatic rings. The number of hydrogen-bond donors (Lipinski definition) is 4. The monoisotopic (exact) mass is 639 g/mol. The van der Waals surface area contributed by atoms with Crippen molar-refractivity contribution in [2.24, 2.45) is 11.8 Å². The minimum absolute atomic E-state index is 0.101. The molecule has 0 aromatic heterocycles.